The predicted molar refractivity (Wildman–Crippen MR) is 108 cm³/mol. The lowest BCUT2D eigenvalue weighted by Crippen LogP contribution is -2.36. The van der Waals surface area contributed by atoms with Crippen molar-refractivity contribution >= 4 is 28.5 Å². The largest absolute Gasteiger partial charge is 0.393 e. The molecule has 3 heterocycles. The van der Waals surface area contributed by atoms with Crippen LogP contribution in [0.3, 0.4) is 0 Å². The molecule has 4 rings (SSSR count). The fourth-order valence-electron chi connectivity index (χ4n) is 3.36. The number of hydrogen-bond donors (Lipinski definition) is 3. The first kappa shape index (κ1) is 18.1. The van der Waals surface area contributed by atoms with E-state index in [9.17, 15) is 4.39 Å². The number of rotatable bonds is 5. The molecule has 28 heavy (non-hydrogen) atoms. The van der Waals surface area contributed by atoms with Crippen LogP contribution in [0.4, 0.5) is 10.2 Å². The van der Waals surface area contributed by atoms with Crippen molar-refractivity contribution in [1.29, 1.82) is 5.41 Å². The van der Waals surface area contributed by atoms with Gasteiger partial charge in [-0.25, -0.2) is 9.37 Å². The Labute approximate surface area is 161 Å². The maximum absolute atomic E-state index is 14.7. The summed E-state index contributed by atoms with van der Waals surface area (Å²) < 4.78 is 20.1. The van der Waals surface area contributed by atoms with E-state index in [1.807, 2.05) is 18.2 Å². The number of fused-ring (bicyclic) bond motifs is 1. The van der Waals surface area contributed by atoms with Crippen molar-refractivity contribution in [2.75, 3.05) is 38.3 Å². The van der Waals surface area contributed by atoms with Crippen LogP contribution in [0.1, 0.15) is 5.56 Å². The number of hydrogen-bond acceptors (Lipinski definition) is 6. The zero-order valence-electron chi connectivity index (χ0n) is 15.5. The van der Waals surface area contributed by atoms with Gasteiger partial charge in [0.05, 0.1) is 13.2 Å². The Kier molecular flexibility index (Phi) is 5.03. The lowest BCUT2D eigenvalue weighted by molar-refractivity contribution is 0.122. The summed E-state index contributed by atoms with van der Waals surface area (Å²) in [6, 6.07) is 7.09. The number of nitrogens with one attached hydrogen (secondary N) is 3. The van der Waals surface area contributed by atoms with Gasteiger partial charge in [-0.2, -0.15) is 5.10 Å². The van der Waals surface area contributed by atoms with E-state index in [4.69, 9.17) is 10.1 Å². The van der Waals surface area contributed by atoms with Crippen molar-refractivity contribution in [1.82, 2.24) is 20.5 Å². The molecule has 3 N–H and O–H groups in total. The molecule has 0 saturated carbocycles. The highest BCUT2D eigenvalue weighted by Crippen LogP contribution is 2.31. The topological polar surface area (TPSA) is 89.9 Å². The van der Waals surface area contributed by atoms with Crippen LogP contribution in [0.2, 0.25) is 0 Å². The molecule has 8 heteroatoms. The number of halogens is 1. The van der Waals surface area contributed by atoms with E-state index in [1.165, 1.54) is 12.3 Å². The summed E-state index contributed by atoms with van der Waals surface area (Å²) >= 11 is 0. The second kappa shape index (κ2) is 7.77. The number of aromatic nitrogens is 3. The fourth-order valence-corrected chi connectivity index (χ4v) is 3.36. The van der Waals surface area contributed by atoms with E-state index in [1.54, 1.807) is 19.4 Å². The van der Waals surface area contributed by atoms with E-state index in [0.29, 0.717) is 40.9 Å². The summed E-state index contributed by atoms with van der Waals surface area (Å²) in [6.07, 6.45) is 4.60. The second-order valence-electron chi connectivity index (χ2n) is 6.49. The maximum atomic E-state index is 14.7. The Hall–Kier alpha value is -3.26. The van der Waals surface area contributed by atoms with E-state index >= 15 is 0 Å². The number of H-pyrrole nitrogens is 1. The molecule has 0 atom stereocenters. The summed E-state index contributed by atoms with van der Waals surface area (Å²) in [5.74, 6) is 0.446. The minimum absolute atomic E-state index is 0.345. The van der Waals surface area contributed by atoms with Crippen molar-refractivity contribution in [3.63, 3.8) is 0 Å². The molecule has 1 fully saturated rings. The average Bonchev–Trinajstić information content (AvgIpc) is 3.17. The maximum Gasteiger partial charge on any atom is 0.149 e. The van der Waals surface area contributed by atoms with Gasteiger partial charge in [-0.05, 0) is 29.8 Å². The molecule has 144 valence electrons. The van der Waals surface area contributed by atoms with Gasteiger partial charge in [0, 0.05) is 55.3 Å². The van der Waals surface area contributed by atoms with Crippen LogP contribution >= 0.6 is 0 Å². The van der Waals surface area contributed by atoms with E-state index in [0.717, 1.165) is 24.5 Å². The molecule has 0 bridgehead atoms. The van der Waals surface area contributed by atoms with Crippen LogP contribution in [-0.2, 0) is 4.74 Å². The third-order valence-corrected chi connectivity index (χ3v) is 4.77. The SMILES string of the molecule is CN/C=C(\C=N)c1cc(F)c2[nH]nc(-c3ccnc(N4CCOCC4)c3)c2c1. The van der Waals surface area contributed by atoms with E-state index in [-0.39, 0.29) is 0 Å². The summed E-state index contributed by atoms with van der Waals surface area (Å²) in [7, 11) is 1.74. The number of benzene rings is 1. The molecule has 0 aliphatic carbocycles. The van der Waals surface area contributed by atoms with Crippen LogP contribution < -0.4 is 10.2 Å². The summed E-state index contributed by atoms with van der Waals surface area (Å²) in [4.78, 5) is 6.63. The highest BCUT2D eigenvalue weighted by Gasteiger charge is 2.17. The van der Waals surface area contributed by atoms with Gasteiger partial charge >= 0.3 is 0 Å². The van der Waals surface area contributed by atoms with Gasteiger partial charge in [-0.3, -0.25) is 5.10 Å². The Balaban J connectivity index is 1.80. The molecular weight excluding hydrogens is 359 g/mol. The van der Waals surface area contributed by atoms with Crippen molar-refractivity contribution in [3.8, 4) is 11.3 Å². The van der Waals surface area contributed by atoms with Crippen LogP contribution in [-0.4, -0.2) is 54.7 Å². The normalized spacial score (nSPS) is 15.1. The molecule has 0 radical (unpaired) electrons. The third kappa shape index (κ3) is 3.34. The number of nitrogens with zero attached hydrogens (tertiary/aromatic N) is 3. The molecule has 0 spiro atoms. The molecular formula is C20H21FN6O. The molecule has 3 aromatic rings. The molecule has 1 aliphatic rings. The third-order valence-electron chi connectivity index (χ3n) is 4.77. The minimum Gasteiger partial charge on any atom is -0.393 e. The molecule has 7 nitrogen and oxygen atoms in total. The standard InChI is InChI=1S/C20H21FN6O/c1-23-12-15(11-22)14-8-16-19(25-26-20(16)17(21)9-14)13-2-3-24-18(10-13)27-4-6-28-7-5-27/h2-3,8-12,22-23H,4-7H2,1H3,(H,25,26)/b15-12+,22-11?. The zero-order chi connectivity index (χ0) is 19.5. The summed E-state index contributed by atoms with van der Waals surface area (Å²) in [5.41, 5.74) is 3.05. The number of aromatic amines is 1. The van der Waals surface area contributed by atoms with Crippen molar-refractivity contribution in [2.24, 2.45) is 0 Å². The summed E-state index contributed by atoms with van der Waals surface area (Å²) in [5, 5.41) is 18.3. The number of ether oxygens (including phenoxy) is 1. The first-order chi connectivity index (χ1) is 13.7. The lowest BCUT2D eigenvalue weighted by atomic mass is 10.0. The molecule has 1 aliphatic heterocycles. The highest BCUT2D eigenvalue weighted by molar-refractivity contribution is 6.10. The first-order valence-electron chi connectivity index (χ1n) is 9.06. The second-order valence-corrected chi connectivity index (χ2v) is 6.49. The van der Waals surface area contributed by atoms with E-state index < -0.39 is 5.82 Å². The smallest absolute Gasteiger partial charge is 0.149 e. The van der Waals surface area contributed by atoms with Crippen LogP contribution in [0.25, 0.3) is 27.7 Å². The molecule has 0 unspecified atom stereocenters. The van der Waals surface area contributed by atoms with Gasteiger partial charge < -0.3 is 20.4 Å². The highest BCUT2D eigenvalue weighted by atomic mass is 19.1. The fraction of sp³-hybridized carbons (Fsp3) is 0.250. The zero-order valence-corrected chi connectivity index (χ0v) is 15.5. The van der Waals surface area contributed by atoms with Crippen molar-refractivity contribution < 1.29 is 9.13 Å². The Bertz CT molecular complexity index is 1040. The Morgan fingerprint density at radius 1 is 1.32 bits per heavy atom. The number of anilines is 1. The van der Waals surface area contributed by atoms with Crippen LogP contribution in [0.5, 0.6) is 0 Å². The van der Waals surface area contributed by atoms with Crippen LogP contribution in [0, 0.1) is 11.2 Å². The minimum atomic E-state index is -0.405. The van der Waals surface area contributed by atoms with Crippen LogP contribution in [0.15, 0.2) is 36.7 Å². The van der Waals surface area contributed by atoms with E-state index in [2.05, 4.69) is 25.4 Å². The monoisotopic (exact) mass is 380 g/mol. The Morgan fingerprint density at radius 3 is 2.89 bits per heavy atom. The van der Waals surface area contributed by atoms with Gasteiger partial charge in [0.1, 0.15) is 22.8 Å². The molecule has 2 aromatic heterocycles. The van der Waals surface area contributed by atoms with Gasteiger partial charge in [-0.1, -0.05) is 0 Å². The van der Waals surface area contributed by atoms with Crippen molar-refractivity contribution in [3.05, 3.63) is 48.0 Å². The van der Waals surface area contributed by atoms with Gasteiger partial charge in [0.2, 0.25) is 0 Å². The van der Waals surface area contributed by atoms with Crippen molar-refractivity contribution in [2.45, 2.75) is 0 Å². The van der Waals surface area contributed by atoms with Gasteiger partial charge in [0.15, 0.2) is 0 Å². The Morgan fingerprint density at radius 2 is 2.14 bits per heavy atom. The van der Waals surface area contributed by atoms with Gasteiger partial charge in [0.25, 0.3) is 0 Å². The first-order valence-corrected chi connectivity index (χ1v) is 9.06. The lowest BCUT2D eigenvalue weighted by Gasteiger charge is -2.27. The number of pyridine rings is 1. The number of morpholine rings is 1. The quantitative estimate of drug-likeness (QED) is 0.592. The molecule has 1 saturated heterocycles. The number of allylic oxidation sites excluding steroid dienone is 1. The van der Waals surface area contributed by atoms with Gasteiger partial charge in [-0.15, -0.1) is 0 Å². The molecule has 0 amide bonds. The summed E-state index contributed by atoms with van der Waals surface area (Å²) in [6.45, 7) is 2.92. The average molecular weight is 380 g/mol. The molecule has 1 aromatic carbocycles. The predicted octanol–water partition coefficient (Wildman–Crippen LogP) is 2.81.